The van der Waals surface area contributed by atoms with E-state index in [0.29, 0.717) is 35.6 Å². The van der Waals surface area contributed by atoms with Gasteiger partial charge in [-0.25, -0.2) is 9.78 Å². The Morgan fingerprint density at radius 2 is 1.87 bits per heavy atom. The van der Waals surface area contributed by atoms with Gasteiger partial charge in [-0.15, -0.1) is 0 Å². The van der Waals surface area contributed by atoms with Gasteiger partial charge < -0.3 is 10.2 Å². The molecule has 4 rings (SSSR count). The van der Waals surface area contributed by atoms with Crippen LogP contribution in [0.5, 0.6) is 0 Å². The number of aryl methyl sites for hydroxylation is 1. The third-order valence-electron chi connectivity index (χ3n) is 5.50. The van der Waals surface area contributed by atoms with Crippen molar-refractivity contribution in [2.45, 2.75) is 33.2 Å². The standard InChI is InChI=1S/C24H26N4O2S/c1-16(2)18-8-10-20(11-9-18)26-22(29)21-14-25-23(31-21)28-13-12-27(24(28)30)15-19-7-5-4-6-17(19)3/h4-11,14,16H,12-13,15H2,1-3H3,(H,26,29). The summed E-state index contributed by atoms with van der Waals surface area (Å²) in [7, 11) is 0. The summed E-state index contributed by atoms with van der Waals surface area (Å²) in [6.45, 7) is 8.09. The molecule has 1 aliphatic rings. The second-order valence-electron chi connectivity index (χ2n) is 8.02. The van der Waals surface area contributed by atoms with Crippen LogP contribution in [-0.2, 0) is 6.54 Å². The van der Waals surface area contributed by atoms with Crippen molar-refractivity contribution < 1.29 is 9.59 Å². The number of carbonyl (C=O) groups is 2. The number of hydrogen-bond donors (Lipinski definition) is 1. The van der Waals surface area contributed by atoms with Crippen molar-refractivity contribution in [2.24, 2.45) is 0 Å². The van der Waals surface area contributed by atoms with E-state index in [2.05, 4.69) is 37.1 Å². The highest BCUT2D eigenvalue weighted by Gasteiger charge is 2.32. The number of amides is 3. The largest absolute Gasteiger partial charge is 0.326 e. The van der Waals surface area contributed by atoms with Crippen LogP contribution in [0.25, 0.3) is 0 Å². The van der Waals surface area contributed by atoms with Gasteiger partial charge >= 0.3 is 6.03 Å². The van der Waals surface area contributed by atoms with Gasteiger partial charge in [-0.1, -0.05) is 61.6 Å². The Hall–Kier alpha value is -3.19. The first kappa shape index (κ1) is 21.1. The molecule has 1 N–H and O–H groups in total. The van der Waals surface area contributed by atoms with E-state index in [4.69, 9.17) is 0 Å². The van der Waals surface area contributed by atoms with Crippen LogP contribution in [0.4, 0.5) is 15.6 Å². The summed E-state index contributed by atoms with van der Waals surface area (Å²) in [4.78, 5) is 33.8. The summed E-state index contributed by atoms with van der Waals surface area (Å²) >= 11 is 1.24. The molecule has 7 heteroatoms. The Morgan fingerprint density at radius 1 is 1.13 bits per heavy atom. The van der Waals surface area contributed by atoms with Crippen LogP contribution in [0, 0.1) is 6.92 Å². The number of thiazole rings is 1. The summed E-state index contributed by atoms with van der Waals surface area (Å²) in [5, 5.41) is 3.46. The molecule has 6 nitrogen and oxygen atoms in total. The SMILES string of the molecule is Cc1ccccc1CN1CCN(c2ncc(C(=O)Nc3ccc(C(C)C)cc3)s2)C1=O. The Balaban J connectivity index is 1.40. The number of nitrogens with one attached hydrogen (secondary N) is 1. The van der Waals surface area contributed by atoms with Crippen molar-refractivity contribution in [2.75, 3.05) is 23.3 Å². The first-order valence-corrected chi connectivity index (χ1v) is 11.2. The van der Waals surface area contributed by atoms with Gasteiger partial charge in [0.05, 0.1) is 6.20 Å². The van der Waals surface area contributed by atoms with E-state index >= 15 is 0 Å². The van der Waals surface area contributed by atoms with Crippen LogP contribution in [0.2, 0.25) is 0 Å². The topological polar surface area (TPSA) is 65.5 Å². The van der Waals surface area contributed by atoms with Crippen molar-refractivity contribution in [1.29, 1.82) is 0 Å². The normalized spacial score (nSPS) is 13.9. The second kappa shape index (κ2) is 8.89. The second-order valence-corrected chi connectivity index (χ2v) is 9.03. The highest BCUT2D eigenvalue weighted by Crippen LogP contribution is 2.28. The van der Waals surface area contributed by atoms with E-state index in [1.807, 2.05) is 47.4 Å². The molecule has 2 aromatic carbocycles. The van der Waals surface area contributed by atoms with E-state index in [1.54, 1.807) is 4.90 Å². The Morgan fingerprint density at radius 3 is 2.58 bits per heavy atom. The van der Waals surface area contributed by atoms with E-state index in [0.717, 1.165) is 11.3 Å². The minimum absolute atomic E-state index is 0.0752. The van der Waals surface area contributed by atoms with E-state index in [-0.39, 0.29) is 11.9 Å². The molecule has 3 amide bonds. The van der Waals surface area contributed by atoms with Gasteiger partial charge in [0.1, 0.15) is 4.88 Å². The lowest BCUT2D eigenvalue weighted by atomic mass is 10.0. The number of benzene rings is 2. The number of hydrogen-bond acceptors (Lipinski definition) is 4. The molecule has 1 fully saturated rings. The monoisotopic (exact) mass is 434 g/mol. The Kier molecular flexibility index (Phi) is 6.04. The minimum atomic E-state index is -0.218. The summed E-state index contributed by atoms with van der Waals surface area (Å²) in [6, 6.07) is 15.9. The maximum Gasteiger partial charge on any atom is 0.326 e. The van der Waals surface area contributed by atoms with E-state index in [9.17, 15) is 9.59 Å². The van der Waals surface area contributed by atoms with Gasteiger partial charge in [-0.05, 0) is 41.7 Å². The molecule has 160 valence electrons. The molecule has 0 unspecified atom stereocenters. The van der Waals surface area contributed by atoms with Crippen LogP contribution in [0.1, 0.15) is 46.1 Å². The van der Waals surface area contributed by atoms with Crippen molar-refractivity contribution in [3.05, 3.63) is 76.3 Å². The number of aromatic nitrogens is 1. The van der Waals surface area contributed by atoms with Crippen molar-refractivity contribution in [1.82, 2.24) is 9.88 Å². The highest BCUT2D eigenvalue weighted by atomic mass is 32.1. The van der Waals surface area contributed by atoms with Crippen LogP contribution >= 0.6 is 11.3 Å². The third-order valence-corrected chi connectivity index (χ3v) is 6.52. The van der Waals surface area contributed by atoms with Crippen LogP contribution in [-0.4, -0.2) is 34.9 Å². The van der Waals surface area contributed by atoms with Gasteiger partial charge in [0, 0.05) is 25.3 Å². The first-order chi connectivity index (χ1) is 14.9. The zero-order valence-electron chi connectivity index (χ0n) is 18.0. The van der Waals surface area contributed by atoms with Crippen LogP contribution in [0.15, 0.2) is 54.7 Å². The van der Waals surface area contributed by atoms with Crippen LogP contribution in [0.3, 0.4) is 0 Å². The van der Waals surface area contributed by atoms with Gasteiger partial charge in [0.25, 0.3) is 5.91 Å². The third kappa shape index (κ3) is 4.61. The number of anilines is 2. The molecule has 31 heavy (non-hydrogen) atoms. The molecule has 0 aliphatic carbocycles. The first-order valence-electron chi connectivity index (χ1n) is 10.4. The zero-order chi connectivity index (χ0) is 22.0. The summed E-state index contributed by atoms with van der Waals surface area (Å²) in [6.07, 6.45) is 1.54. The molecule has 0 spiro atoms. The maximum absolute atomic E-state index is 12.9. The molecule has 0 radical (unpaired) electrons. The zero-order valence-corrected chi connectivity index (χ0v) is 18.8. The van der Waals surface area contributed by atoms with E-state index in [1.165, 1.54) is 28.7 Å². The number of nitrogens with zero attached hydrogens (tertiary/aromatic N) is 3. The van der Waals surface area contributed by atoms with Gasteiger partial charge in [-0.2, -0.15) is 0 Å². The molecule has 0 bridgehead atoms. The lowest BCUT2D eigenvalue weighted by molar-refractivity contribution is 0.103. The smallest absolute Gasteiger partial charge is 0.321 e. The van der Waals surface area contributed by atoms with Gasteiger partial charge in [-0.3, -0.25) is 9.69 Å². The number of carbonyl (C=O) groups excluding carboxylic acids is 2. The molecule has 0 atom stereocenters. The number of rotatable bonds is 6. The average Bonchev–Trinajstić information content (AvgIpc) is 3.37. The highest BCUT2D eigenvalue weighted by molar-refractivity contribution is 7.17. The summed E-state index contributed by atoms with van der Waals surface area (Å²) < 4.78 is 0. The van der Waals surface area contributed by atoms with Crippen LogP contribution < -0.4 is 10.2 Å². The lowest BCUT2D eigenvalue weighted by Gasteiger charge is -2.18. The fourth-order valence-corrected chi connectivity index (χ4v) is 4.37. The fourth-order valence-electron chi connectivity index (χ4n) is 3.54. The summed E-state index contributed by atoms with van der Waals surface area (Å²) in [5.74, 6) is 0.224. The predicted molar refractivity (Wildman–Crippen MR) is 125 cm³/mol. The van der Waals surface area contributed by atoms with E-state index < -0.39 is 0 Å². The summed E-state index contributed by atoms with van der Waals surface area (Å²) in [5.41, 5.74) is 4.27. The quantitative estimate of drug-likeness (QED) is 0.575. The molecule has 3 aromatic rings. The molecule has 1 saturated heterocycles. The predicted octanol–water partition coefficient (Wildman–Crippen LogP) is 5.27. The van der Waals surface area contributed by atoms with Gasteiger partial charge in [0.15, 0.2) is 5.13 Å². The molecule has 1 aromatic heterocycles. The Bertz CT molecular complexity index is 1090. The molecular formula is C24H26N4O2S. The minimum Gasteiger partial charge on any atom is -0.321 e. The molecular weight excluding hydrogens is 408 g/mol. The van der Waals surface area contributed by atoms with Crippen molar-refractivity contribution >= 4 is 34.1 Å². The lowest BCUT2D eigenvalue weighted by Crippen LogP contribution is -2.31. The van der Waals surface area contributed by atoms with Crippen molar-refractivity contribution in [3.63, 3.8) is 0 Å². The molecule has 0 saturated carbocycles. The van der Waals surface area contributed by atoms with Gasteiger partial charge in [0.2, 0.25) is 0 Å². The fraction of sp³-hybridized carbons (Fsp3) is 0.292. The maximum atomic E-state index is 12.9. The Labute approximate surface area is 186 Å². The number of urea groups is 1. The van der Waals surface area contributed by atoms with Crippen molar-refractivity contribution in [3.8, 4) is 0 Å². The molecule has 1 aliphatic heterocycles. The molecule has 2 heterocycles. The average molecular weight is 435 g/mol.